The van der Waals surface area contributed by atoms with Crippen LogP contribution in [0.1, 0.15) is 13.3 Å². The van der Waals surface area contributed by atoms with Gasteiger partial charge in [0.25, 0.3) is 5.91 Å². The smallest absolute Gasteiger partial charge is 0.262 e. The van der Waals surface area contributed by atoms with Gasteiger partial charge in [-0.15, -0.1) is 0 Å². The van der Waals surface area contributed by atoms with E-state index >= 15 is 0 Å². The van der Waals surface area contributed by atoms with E-state index in [-0.39, 0.29) is 30.6 Å². The number of carbonyl (C=O) groups is 2. The van der Waals surface area contributed by atoms with Crippen LogP contribution in [0.4, 0.5) is 15.8 Å². The van der Waals surface area contributed by atoms with Crippen molar-refractivity contribution in [3.05, 3.63) is 48.5 Å². The molecule has 3 rings (SSSR count). The summed E-state index contributed by atoms with van der Waals surface area (Å²) in [5, 5.41) is 5.43. The van der Waals surface area contributed by atoms with Gasteiger partial charge in [-0.2, -0.15) is 0 Å². The van der Waals surface area contributed by atoms with Crippen LogP contribution in [0, 0.1) is 5.82 Å². The largest absolute Gasteiger partial charge is 0.477 e. The summed E-state index contributed by atoms with van der Waals surface area (Å²) < 4.78 is 19.0. The summed E-state index contributed by atoms with van der Waals surface area (Å²) in [5.41, 5.74) is 1.00. The van der Waals surface area contributed by atoms with E-state index in [1.165, 1.54) is 12.3 Å². The van der Waals surface area contributed by atoms with Crippen molar-refractivity contribution in [1.82, 2.24) is 10.3 Å². The zero-order chi connectivity index (χ0) is 19.2. The van der Waals surface area contributed by atoms with E-state index in [0.717, 1.165) is 18.3 Å². The predicted octanol–water partition coefficient (Wildman–Crippen LogP) is 1.95. The second-order valence-electron chi connectivity index (χ2n) is 6.19. The number of para-hydroxylation sites is 2. The highest BCUT2D eigenvalue weighted by atomic mass is 19.1. The number of aromatic nitrogens is 1. The Hall–Kier alpha value is -3.16. The number of ether oxygens (including phenoxy) is 1. The standard InChI is InChI=1S/C19H21FN4O3/c1-2-7-22-19(26)17-11-24(15-5-3-4-6-16(15)27-17)12-18(25)23-14-8-13(20)9-21-10-14/h3-6,8-10,17H,2,7,11-12H2,1H3,(H,22,26)(H,23,25). The molecule has 0 saturated carbocycles. The third-order valence-corrected chi connectivity index (χ3v) is 4.03. The Morgan fingerprint density at radius 2 is 2.15 bits per heavy atom. The van der Waals surface area contributed by atoms with E-state index in [9.17, 15) is 14.0 Å². The second-order valence-corrected chi connectivity index (χ2v) is 6.19. The van der Waals surface area contributed by atoms with Crippen molar-refractivity contribution in [2.24, 2.45) is 0 Å². The zero-order valence-electron chi connectivity index (χ0n) is 14.9. The number of hydrogen-bond acceptors (Lipinski definition) is 5. The van der Waals surface area contributed by atoms with E-state index in [1.807, 2.05) is 25.1 Å². The van der Waals surface area contributed by atoms with Gasteiger partial charge in [-0.3, -0.25) is 14.6 Å². The fourth-order valence-corrected chi connectivity index (χ4v) is 2.81. The van der Waals surface area contributed by atoms with Crippen molar-refractivity contribution in [2.45, 2.75) is 19.4 Å². The molecule has 27 heavy (non-hydrogen) atoms. The molecule has 2 heterocycles. The van der Waals surface area contributed by atoms with Crippen LogP contribution >= 0.6 is 0 Å². The number of halogens is 1. The lowest BCUT2D eigenvalue weighted by Gasteiger charge is -2.35. The Labute approximate surface area is 156 Å². The molecule has 1 aliphatic heterocycles. The van der Waals surface area contributed by atoms with Gasteiger partial charge in [0.05, 0.1) is 36.9 Å². The normalized spacial score (nSPS) is 15.5. The van der Waals surface area contributed by atoms with E-state index in [1.54, 1.807) is 11.0 Å². The average Bonchev–Trinajstić information content (AvgIpc) is 2.66. The maximum absolute atomic E-state index is 13.2. The highest BCUT2D eigenvalue weighted by Crippen LogP contribution is 2.33. The first-order valence-corrected chi connectivity index (χ1v) is 8.75. The molecule has 1 atom stereocenters. The highest BCUT2D eigenvalue weighted by molar-refractivity contribution is 5.94. The van der Waals surface area contributed by atoms with Crippen LogP contribution in [0.25, 0.3) is 0 Å². The van der Waals surface area contributed by atoms with E-state index in [2.05, 4.69) is 15.6 Å². The number of pyridine rings is 1. The van der Waals surface area contributed by atoms with Crippen molar-refractivity contribution in [3.8, 4) is 5.75 Å². The quantitative estimate of drug-likeness (QED) is 0.810. The third kappa shape index (κ3) is 4.72. The molecule has 0 saturated heterocycles. The molecule has 2 amide bonds. The molecule has 1 aromatic heterocycles. The van der Waals surface area contributed by atoms with Crippen molar-refractivity contribution in [1.29, 1.82) is 0 Å². The topological polar surface area (TPSA) is 83.6 Å². The molecule has 1 aliphatic rings. The van der Waals surface area contributed by atoms with E-state index in [0.29, 0.717) is 12.3 Å². The summed E-state index contributed by atoms with van der Waals surface area (Å²) >= 11 is 0. The van der Waals surface area contributed by atoms with Gasteiger partial charge in [-0.05, 0) is 18.6 Å². The van der Waals surface area contributed by atoms with Crippen LogP contribution in [0.5, 0.6) is 5.75 Å². The molecule has 0 radical (unpaired) electrons. The Bertz CT molecular complexity index is 830. The van der Waals surface area contributed by atoms with Crippen molar-refractivity contribution in [2.75, 3.05) is 29.9 Å². The van der Waals surface area contributed by atoms with Crippen LogP contribution in [0.2, 0.25) is 0 Å². The fourth-order valence-electron chi connectivity index (χ4n) is 2.81. The van der Waals surface area contributed by atoms with Gasteiger partial charge in [0.2, 0.25) is 5.91 Å². The SMILES string of the molecule is CCCNC(=O)C1CN(CC(=O)Nc2cncc(F)c2)c2ccccc2O1. The van der Waals surface area contributed by atoms with Crippen molar-refractivity contribution >= 4 is 23.2 Å². The molecular formula is C19H21FN4O3. The monoisotopic (exact) mass is 372 g/mol. The van der Waals surface area contributed by atoms with E-state index < -0.39 is 11.9 Å². The number of nitrogens with zero attached hydrogens (tertiary/aromatic N) is 2. The minimum Gasteiger partial charge on any atom is -0.477 e. The molecule has 1 aromatic carbocycles. The molecular weight excluding hydrogens is 351 g/mol. The molecule has 1 unspecified atom stereocenters. The lowest BCUT2D eigenvalue weighted by Crippen LogP contribution is -2.50. The molecule has 7 nitrogen and oxygen atoms in total. The number of nitrogens with one attached hydrogen (secondary N) is 2. The van der Waals surface area contributed by atoms with Gasteiger partial charge in [0, 0.05) is 12.6 Å². The second kappa shape index (κ2) is 8.48. The van der Waals surface area contributed by atoms with Gasteiger partial charge < -0.3 is 20.3 Å². The summed E-state index contributed by atoms with van der Waals surface area (Å²) in [6.45, 7) is 2.76. The number of hydrogen-bond donors (Lipinski definition) is 2. The summed E-state index contributed by atoms with van der Waals surface area (Å²) in [5.74, 6) is -0.546. The first kappa shape index (κ1) is 18.6. The van der Waals surface area contributed by atoms with Crippen LogP contribution in [0.3, 0.4) is 0 Å². The lowest BCUT2D eigenvalue weighted by molar-refractivity contribution is -0.128. The van der Waals surface area contributed by atoms with Crippen molar-refractivity contribution in [3.63, 3.8) is 0 Å². The highest BCUT2D eigenvalue weighted by Gasteiger charge is 2.31. The van der Waals surface area contributed by atoms with Crippen LogP contribution < -0.4 is 20.3 Å². The zero-order valence-corrected chi connectivity index (χ0v) is 14.9. The maximum atomic E-state index is 13.2. The summed E-state index contributed by atoms with van der Waals surface area (Å²) in [6, 6.07) is 8.42. The number of amides is 2. The lowest BCUT2D eigenvalue weighted by atomic mass is 10.1. The van der Waals surface area contributed by atoms with Crippen LogP contribution in [0.15, 0.2) is 42.7 Å². The Morgan fingerprint density at radius 1 is 1.33 bits per heavy atom. The molecule has 8 heteroatoms. The minimum atomic E-state index is -0.713. The van der Waals surface area contributed by atoms with Crippen LogP contribution in [-0.4, -0.2) is 42.5 Å². The Kier molecular flexibility index (Phi) is 5.85. The third-order valence-electron chi connectivity index (χ3n) is 4.03. The number of benzene rings is 1. The molecule has 142 valence electrons. The summed E-state index contributed by atoms with van der Waals surface area (Å²) in [7, 11) is 0. The number of rotatable bonds is 6. The number of carbonyl (C=O) groups excluding carboxylic acids is 2. The molecule has 0 fully saturated rings. The van der Waals surface area contributed by atoms with Gasteiger partial charge >= 0.3 is 0 Å². The molecule has 0 spiro atoms. The van der Waals surface area contributed by atoms with Gasteiger partial charge in [-0.25, -0.2) is 4.39 Å². The van der Waals surface area contributed by atoms with Gasteiger partial charge in [0.15, 0.2) is 6.10 Å². The van der Waals surface area contributed by atoms with Gasteiger partial charge in [-0.1, -0.05) is 19.1 Å². The minimum absolute atomic E-state index is 0.00551. The van der Waals surface area contributed by atoms with Gasteiger partial charge in [0.1, 0.15) is 11.6 Å². The first-order valence-electron chi connectivity index (χ1n) is 8.75. The summed E-state index contributed by atoms with van der Waals surface area (Å²) in [4.78, 5) is 30.2. The maximum Gasteiger partial charge on any atom is 0.262 e. The van der Waals surface area contributed by atoms with Crippen molar-refractivity contribution < 1.29 is 18.7 Å². The van der Waals surface area contributed by atoms with Crippen LogP contribution in [-0.2, 0) is 9.59 Å². The number of fused-ring (bicyclic) bond motifs is 1. The first-order chi connectivity index (χ1) is 13.1. The fraction of sp³-hybridized carbons (Fsp3) is 0.316. The Morgan fingerprint density at radius 3 is 2.93 bits per heavy atom. The Balaban J connectivity index is 1.72. The number of anilines is 2. The molecule has 0 bridgehead atoms. The molecule has 2 N–H and O–H groups in total. The molecule has 2 aromatic rings. The molecule has 0 aliphatic carbocycles. The van der Waals surface area contributed by atoms with E-state index in [4.69, 9.17) is 4.74 Å². The summed E-state index contributed by atoms with van der Waals surface area (Å²) in [6.07, 6.45) is 2.54. The predicted molar refractivity (Wildman–Crippen MR) is 99.2 cm³/mol. The average molecular weight is 372 g/mol.